The van der Waals surface area contributed by atoms with Crippen molar-refractivity contribution in [2.24, 2.45) is 0 Å². The summed E-state index contributed by atoms with van der Waals surface area (Å²) in [7, 11) is 0. The van der Waals surface area contributed by atoms with Crippen LogP contribution in [-0.4, -0.2) is 21.5 Å². The molecule has 0 amide bonds. The molecule has 2 aromatic heterocycles. The summed E-state index contributed by atoms with van der Waals surface area (Å²) in [5.41, 5.74) is 1.39. The van der Waals surface area contributed by atoms with E-state index in [9.17, 15) is 4.39 Å². The van der Waals surface area contributed by atoms with E-state index < -0.39 is 6.86 Å². The standard InChI is InChI=1S/C9H10FN3O/c1-2-7-5-8(14-6-10)9-11-3-4-13(9)12-7/h3-5H,2,6H2,1H3. The lowest BCUT2D eigenvalue weighted by Crippen LogP contribution is -2.00. The fourth-order valence-corrected chi connectivity index (χ4v) is 1.27. The lowest BCUT2D eigenvalue weighted by atomic mass is 10.3. The zero-order valence-corrected chi connectivity index (χ0v) is 7.77. The molecule has 4 nitrogen and oxygen atoms in total. The first-order valence-corrected chi connectivity index (χ1v) is 4.37. The Kier molecular flexibility index (Phi) is 2.30. The monoisotopic (exact) mass is 195 g/mol. The molecule has 0 fully saturated rings. The molecule has 0 unspecified atom stereocenters. The Morgan fingerprint density at radius 1 is 1.57 bits per heavy atom. The number of imidazole rings is 1. The number of fused-ring (bicyclic) bond motifs is 1. The number of nitrogens with zero attached hydrogens (tertiary/aromatic N) is 3. The van der Waals surface area contributed by atoms with Gasteiger partial charge in [0, 0.05) is 18.5 Å². The summed E-state index contributed by atoms with van der Waals surface area (Å²) in [6.45, 7) is 1.13. The third kappa shape index (κ3) is 1.41. The summed E-state index contributed by atoms with van der Waals surface area (Å²) < 4.78 is 18.5. The van der Waals surface area contributed by atoms with Crippen LogP contribution in [0.4, 0.5) is 4.39 Å². The van der Waals surface area contributed by atoms with Crippen LogP contribution in [0.2, 0.25) is 0 Å². The van der Waals surface area contributed by atoms with Crippen LogP contribution in [0.1, 0.15) is 12.6 Å². The van der Waals surface area contributed by atoms with Crippen LogP contribution in [0.25, 0.3) is 5.65 Å². The fraction of sp³-hybridized carbons (Fsp3) is 0.333. The molecule has 14 heavy (non-hydrogen) atoms. The van der Waals surface area contributed by atoms with Gasteiger partial charge in [0.15, 0.2) is 11.4 Å². The summed E-state index contributed by atoms with van der Waals surface area (Å²) in [6.07, 6.45) is 4.09. The lowest BCUT2D eigenvalue weighted by molar-refractivity contribution is 0.192. The van der Waals surface area contributed by atoms with Gasteiger partial charge in [0.05, 0.1) is 5.69 Å². The summed E-state index contributed by atoms with van der Waals surface area (Å²) in [5, 5.41) is 4.25. The molecule has 0 bridgehead atoms. The molecule has 2 rings (SSSR count). The van der Waals surface area contributed by atoms with Crippen molar-refractivity contribution in [1.29, 1.82) is 0 Å². The molecule has 0 saturated carbocycles. The van der Waals surface area contributed by atoms with E-state index in [0.717, 1.165) is 12.1 Å². The molecule has 0 atom stereocenters. The predicted octanol–water partition coefficient (Wildman–Crippen LogP) is 1.60. The smallest absolute Gasteiger partial charge is 0.228 e. The van der Waals surface area contributed by atoms with E-state index in [4.69, 9.17) is 4.74 Å². The van der Waals surface area contributed by atoms with Crippen molar-refractivity contribution in [3.8, 4) is 5.75 Å². The molecule has 0 N–H and O–H groups in total. The molecule has 5 heteroatoms. The van der Waals surface area contributed by atoms with Gasteiger partial charge in [0.2, 0.25) is 6.86 Å². The zero-order valence-electron chi connectivity index (χ0n) is 7.77. The van der Waals surface area contributed by atoms with Crippen molar-refractivity contribution in [2.75, 3.05) is 6.86 Å². The van der Waals surface area contributed by atoms with E-state index in [-0.39, 0.29) is 0 Å². The quantitative estimate of drug-likeness (QED) is 0.746. The minimum atomic E-state index is -0.852. The number of rotatable bonds is 3. The summed E-state index contributed by atoms with van der Waals surface area (Å²) in [5.74, 6) is 0.435. The number of alkyl halides is 1. The Morgan fingerprint density at radius 3 is 3.14 bits per heavy atom. The second kappa shape index (κ2) is 3.61. The van der Waals surface area contributed by atoms with E-state index in [0.29, 0.717) is 11.4 Å². The minimum absolute atomic E-state index is 0.435. The highest BCUT2D eigenvalue weighted by Crippen LogP contribution is 2.18. The Bertz CT molecular complexity index is 441. The molecule has 0 aliphatic carbocycles. The van der Waals surface area contributed by atoms with Gasteiger partial charge < -0.3 is 4.74 Å². The molecular weight excluding hydrogens is 185 g/mol. The maximum atomic E-state index is 12.1. The fourth-order valence-electron chi connectivity index (χ4n) is 1.27. The highest BCUT2D eigenvalue weighted by molar-refractivity contribution is 5.52. The number of hydrogen-bond donors (Lipinski definition) is 0. The van der Waals surface area contributed by atoms with Gasteiger partial charge in [-0.05, 0) is 6.42 Å². The van der Waals surface area contributed by atoms with Crippen LogP contribution in [0, 0.1) is 0 Å². The van der Waals surface area contributed by atoms with Crippen molar-refractivity contribution < 1.29 is 9.13 Å². The topological polar surface area (TPSA) is 39.4 Å². The molecule has 0 aliphatic rings. The van der Waals surface area contributed by atoms with Crippen molar-refractivity contribution in [1.82, 2.24) is 14.6 Å². The third-order valence-corrected chi connectivity index (χ3v) is 1.95. The first-order chi connectivity index (χ1) is 6.85. The van der Waals surface area contributed by atoms with Crippen LogP contribution in [0.5, 0.6) is 5.75 Å². The zero-order chi connectivity index (χ0) is 9.97. The van der Waals surface area contributed by atoms with Crippen LogP contribution >= 0.6 is 0 Å². The molecule has 0 spiro atoms. The molecule has 2 aromatic rings. The molecular formula is C9H10FN3O. The van der Waals surface area contributed by atoms with E-state index in [1.165, 1.54) is 0 Å². The second-order valence-corrected chi connectivity index (χ2v) is 2.80. The lowest BCUT2D eigenvalue weighted by Gasteiger charge is -2.04. The van der Waals surface area contributed by atoms with Crippen molar-refractivity contribution in [3.05, 3.63) is 24.2 Å². The molecule has 2 heterocycles. The number of ether oxygens (including phenoxy) is 1. The van der Waals surface area contributed by atoms with Crippen LogP contribution in [0.15, 0.2) is 18.5 Å². The average molecular weight is 195 g/mol. The van der Waals surface area contributed by atoms with Gasteiger partial charge in [-0.15, -0.1) is 0 Å². The van der Waals surface area contributed by atoms with Gasteiger partial charge >= 0.3 is 0 Å². The van der Waals surface area contributed by atoms with Crippen molar-refractivity contribution in [2.45, 2.75) is 13.3 Å². The van der Waals surface area contributed by atoms with E-state index >= 15 is 0 Å². The Balaban J connectivity index is 2.58. The molecule has 0 saturated heterocycles. The first kappa shape index (κ1) is 8.93. The summed E-state index contributed by atoms with van der Waals surface area (Å²) in [4.78, 5) is 4.02. The second-order valence-electron chi connectivity index (χ2n) is 2.80. The SMILES string of the molecule is CCc1cc(OCF)c2nccn2n1. The minimum Gasteiger partial charge on any atom is -0.459 e. The molecule has 0 aliphatic heterocycles. The number of aromatic nitrogens is 3. The van der Waals surface area contributed by atoms with Crippen molar-refractivity contribution in [3.63, 3.8) is 0 Å². The number of hydrogen-bond acceptors (Lipinski definition) is 3. The molecule has 74 valence electrons. The van der Waals surface area contributed by atoms with Crippen molar-refractivity contribution >= 4 is 5.65 Å². The van der Waals surface area contributed by atoms with Crippen LogP contribution in [-0.2, 0) is 6.42 Å². The normalized spacial score (nSPS) is 10.7. The van der Waals surface area contributed by atoms with Crippen LogP contribution < -0.4 is 4.74 Å². The third-order valence-electron chi connectivity index (χ3n) is 1.95. The Morgan fingerprint density at radius 2 is 2.43 bits per heavy atom. The van der Waals surface area contributed by atoms with Gasteiger partial charge in [-0.2, -0.15) is 5.10 Å². The summed E-state index contributed by atoms with van der Waals surface area (Å²) in [6, 6.07) is 1.71. The van der Waals surface area contributed by atoms with Crippen LogP contribution in [0.3, 0.4) is 0 Å². The van der Waals surface area contributed by atoms with Gasteiger partial charge in [-0.25, -0.2) is 13.9 Å². The number of halogens is 1. The maximum absolute atomic E-state index is 12.1. The van der Waals surface area contributed by atoms with Gasteiger partial charge in [0.1, 0.15) is 0 Å². The first-order valence-electron chi connectivity index (χ1n) is 4.37. The van der Waals surface area contributed by atoms with Gasteiger partial charge in [0.25, 0.3) is 0 Å². The highest BCUT2D eigenvalue weighted by Gasteiger charge is 2.06. The van der Waals surface area contributed by atoms with Gasteiger partial charge in [-0.3, -0.25) is 0 Å². The highest BCUT2D eigenvalue weighted by atomic mass is 19.1. The van der Waals surface area contributed by atoms with E-state index in [1.807, 2.05) is 6.92 Å². The van der Waals surface area contributed by atoms with E-state index in [1.54, 1.807) is 23.0 Å². The largest absolute Gasteiger partial charge is 0.459 e. The Labute approximate surface area is 80.3 Å². The summed E-state index contributed by atoms with van der Waals surface area (Å²) >= 11 is 0. The predicted molar refractivity (Wildman–Crippen MR) is 49.0 cm³/mol. The average Bonchev–Trinajstić information content (AvgIpc) is 2.66. The van der Waals surface area contributed by atoms with E-state index in [2.05, 4.69) is 10.1 Å². The molecule has 0 radical (unpaired) electrons. The number of aryl methyl sites for hydroxylation is 1. The van der Waals surface area contributed by atoms with Gasteiger partial charge in [-0.1, -0.05) is 6.92 Å². The Hall–Kier alpha value is -1.65. The maximum Gasteiger partial charge on any atom is 0.228 e. The molecule has 0 aromatic carbocycles.